The third kappa shape index (κ3) is 6.54. The van der Waals surface area contributed by atoms with E-state index in [9.17, 15) is 29.1 Å². The largest absolute Gasteiger partial charge is 0.508 e. The third-order valence-electron chi connectivity index (χ3n) is 14.1. The van der Waals surface area contributed by atoms with Crippen LogP contribution in [0.2, 0.25) is 0 Å². The summed E-state index contributed by atoms with van der Waals surface area (Å²) in [5, 5.41) is 12.4. The molecule has 3 fully saturated rings. The van der Waals surface area contributed by atoms with Crippen LogP contribution in [0.1, 0.15) is 104 Å². The van der Waals surface area contributed by atoms with Crippen molar-refractivity contribution in [3.8, 4) is 5.75 Å². The third-order valence-corrected chi connectivity index (χ3v) is 14.1. The first-order chi connectivity index (χ1) is 28.9. The number of benzene rings is 4. The van der Waals surface area contributed by atoms with E-state index in [4.69, 9.17) is 0 Å². The Bertz CT molecular complexity index is 2420. The SMILES string of the molecule is O=C1CCC(N2C(=O)c3cc4c(cc3C2=O)CN(C(=O)CN2CCC3(CC2)CCN(c2c(F)cc([C@@H]5c6ccc(O)cc6CC[C@@H]5c5ccccc5)cc2F)C3)C4)C(=O)N1. The molecule has 1 unspecified atom stereocenters. The first-order valence-corrected chi connectivity index (χ1v) is 20.9. The molecule has 1 spiro atoms. The molecule has 5 amide bonds. The van der Waals surface area contributed by atoms with E-state index in [2.05, 4.69) is 22.3 Å². The second-order valence-electron chi connectivity index (χ2n) is 17.6. The lowest BCUT2D eigenvalue weighted by Crippen LogP contribution is -2.54. The predicted octanol–water partition coefficient (Wildman–Crippen LogP) is 5.77. The van der Waals surface area contributed by atoms with Crippen molar-refractivity contribution in [2.24, 2.45) is 5.41 Å². The van der Waals surface area contributed by atoms with Crippen molar-refractivity contribution < 1.29 is 37.9 Å². The zero-order valence-electron chi connectivity index (χ0n) is 33.1. The van der Waals surface area contributed by atoms with Gasteiger partial charge < -0.3 is 14.9 Å². The number of halogens is 2. The Morgan fingerprint density at radius 1 is 0.767 bits per heavy atom. The van der Waals surface area contributed by atoms with Gasteiger partial charge in [0.25, 0.3) is 11.8 Å². The number of aromatic hydroxyl groups is 1. The zero-order valence-corrected chi connectivity index (χ0v) is 33.1. The van der Waals surface area contributed by atoms with Crippen molar-refractivity contribution in [1.29, 1.82) is 0 Å². The summed E-state index contributed by atoms with van der Waals surface area (Å²) in [6, 6.07) is 20.7. The molecule has 0 saturated carbocycles. The van der Waals surface area contributed by atoms with Crippen LogP contribution in [0.4, 0.5) is 14.5 Å². The maximum Gasteiger partial charge on any atom is 0.262 e. The molecule has 4 aromatic carbocycles. The summed E-state index contributed by atoms with van der Waals surface area (Å²) < 4.78 is 32.6. The lowest BCUT2D eigenvalue weighted by atomic mass is 9.69. The maximum atomic E-state index is 16.3. The summed E-state index contributed by atoms with van der Waals surface area (Å²) >= 11 is 0. The molecule has 11 nitrogen and oxygen atoms in total. The maximum absolute atomic E-state index is 16.3. The van der Waals surface area contributed by atoms with E-state index in [-0.39, 0.29) is 65.1 Å². The fourth-order valence-corrected chi connectivity index (χ4v) is 10.9. The number of amides is 5. The van der Waals surface area contributed by atoms with Gasteiger partial charge in [-0.05, 0) is 133 Å². The molecule has 3 saturated heterocycles. The molecule has 1 aliphatic carbocycles. The Morgan fingerprint density at radius 3 is 2.10 bits per heavy atom. The smallest absolute Gasteiger partial charge is 0.262 e. The summed E-state index contributed by atoms with van der Waals surface area (Å²) in [7, 11) is 0. The number of rotatable bonds is 6. The summed E-state index contributed by atoms with van der Waals surface area (Å²) in [5.74, 6) is -3.49. The number of likely N-dealkylation sites (tertiary alicyclic amines) is 1. The Labute approximate surface area is 345 Å². The van der Waals surface area contributed by atoms with Gasteiger partial charge in [-0.2, -0.15) is 0 Å². The van der Waals surface area contributed by atoms with Gasteiger partial charge in [-0.25, -0.2) is 8.78 Å². The normalized spacial score (nSPS) is 23.6. The molecule has 0 aromatic heterocycles. The number of carbonyl (C=O) groups excluding carboxylic acids is 5. The van der Waals surface area contributed by atoms with Crippen LogP contribution >= 0.6 is 0 Å². The molecule has 4 aromatic rings. The molecular formula is C47H45F2N5O6. The fraction of sp³-hybridized carbons (Fsp3) is 0.383. The van der Waals surface area contributed by atoms with Gasteiger partial charge in [0.1, 0.15) is 29.1 Å². The highest BCUT2D eigenvalue weighted by Gasteiger charge is 2.46. The van der Waals surface area contributed by atoms with Crippen LogP contribution in [0.25, 0.3) is 0 Å². The van der Waals surface area contributed by atoms with E-state index >= 15 is 8.78 Å². The summed E-state index contributed by atoms with van der Waals surface area (Å²) in [6.07, 6.45) is 4.08. The summed E-state index contributed by atoms with van der Waals surface area (Å²) in [4.78, 5) is 71.0. The van der Waals surface area contributed by atoms with Gasteiger partial charge in [-0.15, -0.1) is 0 Å². The van der Waals surface area contributed by atoms with Gasteiger partial charge in [0.05, 0.1) is 17.7 Å². The van der Waals surface area contributed by atoms with Gasteiger partial charge in [-0.1, -0.05) is 36.4 Å². The Kier molecular flexibility index (Phi) is 9.34. The van der Waals surface area contributed by atoms with Crippen LogP contribution in [0, 0.1) is 17.0 Å². The van der Waals surface area contributed by atoms with E-state index in [1.54, 1.807) is 29.2 Å². The number of imide groups is 2. The van der Waals surface area contributed by atoms with Crippen LogP contribution in [0.15, 0.2) is 72.8 Å². The standard InChI is InChI=1S/C47H45F2N5O6/c48-37-21-29(42-33(27-4-2-1-3-5-27)8-6-28-18-32(55)7-9-34(28)42)22-38(49)43(37)52-17-14-47(26-52)12-15-51(16-13-47)25-41(57)53-23-30-19-35-36(20-31(30)24-53)46(60)54(45(35)59)39-10-11-40(56)50-44(39)58/h1-5,7,9,18-22,33,39,42,55H,6,8,10-17,23-26H2,(H,50,56,58)/t33-,39?,42+/m1/s1. The Morgan fingerprint density at radius 2 is 1.43 bits per heavy atom. The number of anilines is 1. The summed E-state index contributed by atoms with van der Waals surface area (Å²) in [6.45, 7) is 3.24. The minimum Gasteiger partial charge on any atom is -0.508 e. The molecule has 0 radical (unpaired) electrons. The number of carbonyl (C=O) groups is 5. The van der Waals surface area contributed by atoms with E-state index in [0.717, 1.165) is 64.8 Å². The first kappa shape index (κ1) is 38.3. The molecule has 308 valence electrons. The Balaban J connectivity index is 0.776. The number of piperidine rings is 2. The van der Waals surface area contributed by atoms with Crippen LogP contribution in [-0.2, 0) is 33.9 Å². The predicted molar refractivity (Wildman–Crippen MR) is 216 cm³/mol. The summed E-state index contributed by atoms with van der Waals surface area (Å²) in [5.41, 5.74) is 5.54. The monoisotopic (exact) mass is 813 g/mol. The highest BCUT2D eigenvalue weighted by atomic mass is 19.1. The van der Waals surface area contributed by atoms with Crippen molar-refractivity contribution in [2.75, 3.05) is 37.6 Å². The van der Waals surface area contributed by atoms with E-state index in [1.807, 2.05) is 29.2 Å². The quantitative estimate of drug-likeness (QED) is 0.235. The minimum atomic E-state index is -1.04. The molecule has 2 N–H and O–H groups in total. The lowest BCUT2D eigenvalue weighted by Gasteiger charge is -2.39. The highest BCUT2D eigenvalue weighted by Crippen LogP contribution is 2.49. The molecule has 5 aliphatic heterocycles. The van der Waals surface area contributed by atoms with Gasteiger partial charge in [0.15, 0.2) is 0 Å². The number of phenolic OH excluding ortho intramolecular Hbond substituents is 1. The van der Waals surface area contributed by atoms with Crippen LogP contribution in [-0.4, -0.2) is 88.1 Å². The van der Waals surface area contributed by atoms with Crippen LogP contribution in [0.5, 0.6) is 5.75 Å². The molecule has 3 atom stereocenters. The van der Waals surface area contributed by atoms with Crippen LogP contribution in [0.3, 0.4) is 0 Å². The second-order valence-corrected chi connectivity index (χ2v) is 17.6. The van der Waals surface area contributed by atoms with Crippen molar-refractivity contribution in [1.82, 2.24) is 20.0 Å². The van der Waals surface area contributed by atoms with E-state index < -0.39 is 41.3 Å². The Hall–Kier alpha value is -5.95. The number of nitrogens with zero attached hydrogens (tertiary/aromatic N) is 4. The van der Waals surface area contributed by atoms with Crippen molar-refractivity contribution in [3.63, 3.8) is 0 Å². The minimum absolute atomic E-state index is 0.0119. The average Bonchev–Trinajstić information content (AvgIpc) is 3.91. The van der Waals surface area contributed by atoms with Gasteiger partial charge in [0, 0.05) is 38.5 Å². The van der Waals surface area contributed by atoms with Crippen molar-refractivity contribution in [3.05, 3.63) is 129 Å². The first-order valence-electron chi connectivity index (χ1n) is 20.9. The molecular weight excluding hydrogens is 769 g/mol. The molecule has 6 aliphatic rings. The highest BCUT2D eigenvalue weighted by molar-refractivity contribution is 6.23. The van der Waals surface area contributed by atoms with Crippen LogP contribution < -0.4 is 10.2 Å². The van der Waals surface area contributed by atoms with E-state index in [1.165, 1.54) is 12.1 Å². The molecule has 10 rings (SSSR count). The number of hydrogen-bond acceptors (Lipinski definition) is 8. The zero-order chi connectivity index (χ0) is 41.4. The topological polar surface area (TPSA) is 131 Å². The molecule has 13 heteroatoms. The van der Waals surface area contributed by atoms with E-state index in [0.29, 0.717) is 44.8 Å². The van der Waals surface area contributed by atoms with Crippen molar-refractivity contribution >= 4 is 35.2 Å². The number of nitrogens with one attached hydrogen (secondary N) is 1. The molecule has 0 bridgehead atoms. The lowest BCUT2D eigenvalue weighted by molar-refractivity contribution is -0.136. The van der Waals surface area contributed by atoms with Gasteiger partial charge in [0.2, 0.25) is 17.7 Å². The average molecular weight is 814 g/mol. The molecule has 5 heterocycles. The van der Waals surface area contributed by atoms with Gasteiger partial charge >= 0.3 is 0 Å². The number of hydrogen-bond donors (Lipinski definition) is 2. The van der Waals surface area contributed by atoms with Gasteiger partial charge in [-0.3, -0.25) is 39.1 Å². The van der Waals surface area contributed by atoms with Crippen molar-refractivity contribution in [2.45, 2.75) is 75.9 Å². The number of phenols is 1. The molecule has 60 heavy (non-hydrogen) atoms. The number of fused-ring (bicyclic) bond motifs is 3. The number of aryl methyl sites for hydroxylation is 1. The fourth-order valence-electron chi connectivity index (χ4n) is 10.9. The second kappa shape index (κ2) is 14.6.